The highest BCUT2D eigenvalue weighted by Gasteiger charge is 2.28. The van der Waals surface area contributed by atoms with Gasteiger partial charge >= 0.3 is 0 Å². The molecule has 0 aliphatic carbocycles. The first-order valence-corrected chi connectivity index (χ1v) is 11.7. The Morgan fingerprint density at radius 2 is 2.10 bits per heavy atom. The number of nitrogens with zero attached hydrogens (tertiary/aromatic N) is 2. The van der Waals surface area contributed by atoms with Gasteiger partial charge in [-0.15, -0.1) is 11.3 Å². The molecule has 0 radical (unpaired) electrons. The van der Waals surface area contributed by atoms with Crippen molar-refractivity contribution >= 4 is 33.3 Å². The van der Waals surface area contributed by atoms with E-state index in [1.165, 1.54) is 0 Å². The molecule has 0 spiro atoms. The first-order chi connectivity index (χ1) is 13.8. The summed E-state index contributed by atoms with van der Waals surface area (Å²) in [6.07, 6.45) is 0.917. The zero-order chi connectivity index (χ0) is 20.7. The van der Waals surface area contributed by atoms with Crippen molar-refractivity contribution < 1.29 is 4.74 Å². The summed E-state index contributed by atoms with van der Waals surface area (Å²) in [4.78, 5) is 20.6. The standard InChI is InChI=1S/C23H26N2O2S2/c1-13(2)12-28-23-24-21-20(17-10-18(14(3)4)27-11-19(17)29-21)22(26)25(23)16-8-6-15(5)7-9-16/h6-9,14,18H,1,10-12H2,2-5H3/t18-/m0/s1. The van der Waals surface area contributed by atoms with Gasteiger partial charge in [-0.3, -0.25) is 9.36 Å². The van der Waals surface area contributed by atoms with E-state index in [2.05, 4.69) is 20.4 Å². The van der Waals surface area contributed by atoms with Gasteiger partial charge in [0.1, 0.15) is 4.83 Å². The monoisotopic (exact) mass is 426 g/mol. The van der Waals surface area contributed by atoms with Gasteiger partial charge in [-0.2, -0.15) is 0 Å². The van der Waals surface area contributed by atoms with E-state index in [0.717, 1.165) is 49.7 Å². The van der Waals surface area contributed by atoms with Crippen LogP contribution >= 0.6 is 23.1 Å². The van der Waals surface area contributed by atoms with Gasteiger partial charge in [0.2, 0.25) is 0 Å². The highest BCUT2D eigenvalue weighted by atomic mass is 32.2. The molecule has 1 atom stereocenters. The van der Waals surface area contributed by atoms with Gasteiger partial charge < -0.3 is 4.74 Å². The quantitative estimate of drug-likeness (QED) is 0.306. The van der Waals surface area contributed by atoms with Crippen molar-refractivity contribution in [2.24, 2.45) is 5.92 Å². The summed E-state index contributed by atoms with van der Waals surface area (Å²) in [6, 6.07) is 8.05. The van der Waals surface area contributed by atoms with E-state index in [0.29, 0.717) is 17.7 Å². The maximum absolute atomic E-state index is 13.7. The molecule has 4 nitrogen and oxygen atoms in total. The topological polar surface area (TPSA) is 44.1 Å². The number of rotatable bonds is 5. The number of thiophene rings is 1. The molecule has 0 amide bonds. The molecular weight excluding hydrogens is 400 g/mol. The van der Waals surface area contributed by atoms with Crippen molar-refractivity contribution in [2.75, 3.05) is 5.75 Å². The van der Waals surface area contributed by atoms with E-state index >= 15 is 0 Å². The summed E-state index contributed by atoms with van der Waals surface area (Å²) in [7, 11) is 0. The van der Waals surface area contributed by atoms with Gasteiger partial charge in [-0.1, -0.05) is 55.5 Å². The number of hydrogen-bond acceptors (Lipinski definition) is 5. The van der Waals surface area contributed by atoms with Crippen molar-refractivity contribution in [1.82, 2.24) is 9.55 Å². The predicted octanol–water partition coefficient (Wildman–Crippen LogP) is 5.52. The second kappa shape index (κ2) is 8.09. The van der Waals surface area contributed by atoms with Crippen LogP contribution in [0.2, 0.25) is 0 Å². The molecule has 0 saturated carbocycles. The Bertz CT molecular complexity index is 1130. The molecule has 3 heterocycles. The van der Waals surface area contributed by atoms with Crippen LogP contribution in [0.3, 0.4) is 0 Å². The lowest BCUT2D eigenvalue weighted by atomic mass is 9.96. The molecule has 6 heteroatoms. The molecular formula is C23H26N2O2S2. The Balaban J connectivity index is 1.93. The lowest BCUT2D eigenvalue weighted by Crippen LogP contribution is -2.28. The fourth-order valence-corrected chi connectivity index (χ4v) is 5.56. The fourth-order valence-electron chi connectivity index (χ4n) is 3.54. The summed E-state index contributed by atoms with van der Waals surface area (Å²) >= 11 is 3.16. The molecule has 152 valence electrons. The minimum absolute atomic E-state index is 0.0185. The zero-order valence-corrected chi connectivity index (χ0v) is 19.0. The van der Waals surface area contributed by atoms with E-state index in [1.807, 2.05) is 38.1 Å². The third-order valence-electron chi connectivity index (χ3n) is 5.19. The van der Waals surface area contributed by atoms with Gasteiger partial charge in [0.15, 0.2) is 5.16 Å². The number of hydrogen-bond donors (Lipinski definition) is 0. The SMILES string of the molecule is C=C(C)CSc1nc2sc3c(c2c(=O)n1-c1ccc(C)cc1)C[C@@H](C(C)C)OC3. The number of fused-ring (bicyclic) bond motifs is 3. The van der Waals surface area contributed by atoms with Crippen LogP contribution in [0.25, 0.3) is 15.9 Å². The van der Waals surface area contributed by atoms with Crippen LogP contribution in [-0.2, 0) is 17.8 Å². The van der Waals surface area contributed by atoms with Crippen LogP contribution in [0.1, 0.15) is 36.8 Å². The Morgan fingerprint density at radius 3 is 2.76 bits per heavy atom. The zero-order valence-electron chi connectivity index (χ0n) is 17.3. The first-order valence-electron chi connectivity index (χ1n) is 9.88. The first kappa shape index (κ1) is 20.4. The van der Waals surface area contributed by atoms with Crippen molar-refractivity contribution in [3.63, 3.8) is 0 Å². The van der Waals surface area contributed by atoms with E-state index in [4.69, 9.17) is 9.72 Å². The van der Waals surface area contributed by atoms with Crippen molar-refractivity contribution in [3.8, 4) is 5.69 Å². The van der Waals surface area contributed by atoms with Crippen LogP contribution in [0.5, 0.6) is 0 Å². The number of aromatic nitrogens is 2. The smallest absolute Gasteiger partial charge is 0.267 e. The summed E-state index contributed by atoms with van der Waals surface area (Å²) in [5.41, 5.74) is 4.22. The molecule has 0 saturated heterocycles. The average molecular weight is 427 g/mol. The number of aryl methyl sites for hydroxylation is 1. The molecule has 3 aromatic rings. The van der Waals surface area contributed by atoms with Crippen molar-refractivity contribution in [1.29, 1.82) is 0 Å². The third kappa shape index (κ3) is 3.93. The van der Waals surface area contributed by atoms with E-state index < -0.39 is 0 Å². The van der Waals surface area contributed by atoms with Gasteiger partial charge in [-0.05, 0) is 37.5 Å². The molecule has 29 heavy (non-hydrogen) atoms. The molecule has 0 fully saturated rings. The Hall–Kier alpha value is -1.89. The third-order valence-corrected chi connectivity index (χ3v) is 7.46. The second-order valence-corrected chi connectivity index (χ2v) is 10.1. The lowest BCUT2D eigenvalue weighted by molar-refractivity contribution is 0.00200. The summed E-state index contributed by atoms with van der Waals surface area (Å²) < 4.78 is 7.80. The second-order valence-electron chi connectivity index (χ2n) is 8.10. The fraction of sp³-hybridized carbons (Fsp3) is 0.391. The highest BCUT2D eigenvalue weighted by Crippen LogP contribution is 2.36. The molecule has 1 aromatic carbocycles. The average Bonchev–Trinajstić information content (AvgIpc) is 3.05. The minimum Gasteiger partial charge on any atom is -0.372 e. The van der Waals surface area contributed by atoms with Crippen LogP contribution in [0.4, 0.5) is 0 Å². The largest absolute Gasteiger partial charge is 0.372 e. The summed E-state index contributed by atoms with van der Waals surface area (Å²) in [6.45, 7) is 12.9. The van der Waals surface area contributed by atoms with E-state index in [9.17, 15) is 4.79 Å². The molecule has 1 aliphatic rings. The summed E-state index contributed by atoms with van der Waals surface area (Å²) in [5.74, 6) is 1.14. The lowest BCUT2D eigenvalue weighted by Gasteiger charge is -2.26. The normalized spacial score (nSPS) is 16.4. The van der Waals surface area contributed by atoms with Crippen LogP contribution < -0.4 is 5.56 Å². The maximum Gasteiger partial charge on any atom is 0.267 e. The minimum atomic E-state index is 0.0185. The molecule has 0 unspecified atom stereocenters. The van der Waals surface area contributed by atoms with E-state index in [1.54, 1.807) is 27.7 Å². The number of ether oxygens (including phenoxy) is 1. The molecule has 1 aliphatic heterocycles. The van der Waals surface area contributed by atoms with Crippen LogP contribution in [-0.4, -0.2) is 21.4 Å². The summed E-state index contributed by atoms with van der Waals surface area (Å²) in [5, 5.41) is 1.48. The predicted molar refractivity (Wildman–Crippen MR) is 123 cm³/mol. The van der Waals surface area contributed by atoms with Crippen molar-refractivity contribution in [2.45, 2.75) is 52.0 Å². The van der Waals surface area contributed by atoms with Gasteiger partial charge in [0, 0.05) is 17.1 Å². The van der Waals surface area contributed by atoms with Gasteiger partial charge in [-0.25, -0.2) is 4.98 Å². The Kier molecular flexibility index (Phi) is 5.69. The molecule has 2 aromatic heterocycles. The molecule has 4 rings (SSSR count). The molecule has 0 bridgehead atoms. The Labute approximate surface area is 179 Å². The Morgan fingerprint density at radius 1 is 1.38 bits per heavy atom. The van der Waals surface area contributed by atoms with Crippen LogP contribution in [0.15, 0.2) is 46.4 Å². The highest BCUT2D eigenvalue weighted by molar-refractivity contribution is 7.99. The van der Waals surface area contributed by atoms with Gasteiger partial charge in [0.25, 0.3) is 5.56 Å². The van der Waals surface area contributed by atoms with Crippen LogP contribution in [0, 0.1) is 12.8 Å². The number of thioether (sulfide) groups is 1. The van der Waals surface area contributed by atoms with E-state index in [-0.39, 0.29) is 11.7 Å². The maximum atomic E-state index is 13.7. The number of benzene rings is 1. The van der Waals surface area contributed by atoms with Gasteiger partial charge in [0.05, 0.1) is 23.8 Å². The van der Waals surface area contributed by atoms with Crippen molar-refractivity contribution in [3.05, 3.63) is 62.8 Å². The molecule has 0 N–H and O–H groups in total.